The zero-order chi connectivity index (χ0) is 21.3. The maximum absolute atomic E-state index is 11.9. The van der Waals surface area contributed by atoms with E-state index < -0.39 is 9.84 Å². The Morgan fingerprint density at radius 3 is 2.62 bits per heavy atom. The molecule has 1 aliphatic heterocycles. The zero-order valence-corrected chi connectivity index (χ0v) is 20.0. The summed E-state index contributed by atoms with van der Waals surface area (Å²) in [7, 11) is -2.96. The second kappa shape index (κ2) is 9.06. The van der Waals surface area contributed by atoms with Crippen molar-refractivity contribution in [3.8, 4) is 11.4 Å². The third-order valence-electron chi connectivity index (χ3n) is 5.09. The van der Waals surface area contributed by atoms with Crippen molar-refractivity contribution in [3.05, 3.63) is 33.0 Å². The molecule has 1 aliphatic rings. The molecular formula is C19H26Cl2N4O2S2. The fraction of sp³-hybridized carbons (Fsp3) is 0.579. The van der Waals surface area contributed by atoms with Gasteiger partial charge in [-0.15, -0.1) is 0 Å². The molecule has 1 aromatic heterocycles. The first-order valence-electron chi connectivity index (χ1n) is 9.68. The quantitative estimate of drug-likeness (QED) is 0.550. The van der Waals surface area contributed by atoms with Gasteiger partial charge >= 0.3 is 0 Å². The number of nitrogens with zero attached hydrogens (tertiary/aromatic N) is 4. The second-order valence-corrected chi connectivity index (χ2v) is 11.3. The van der Waals surface area contributed by atoms with Crippen LogP contribution in [0.1, 0.15) is 27.2 Å². The molecule has 1 atom stereocenters. The molecule has 1 aromatic carbocycles. The molecule has 0 N–H and O–H groups in total. The Hall–Kier alpha value is -0.930. The maximum atomic E-state index is 11.9. The van der Waals surface area contributed by atoms with Crippen LogP contribution < -0.4 is 0 Å². The van der Waals surface area contributed by atoms with E-state index in [0.29, 0.717) is 46.2 Å². The highest BCUT2D eigenvalue weighted by atomic mass is 35.5. The fourth-order valence-corrected chi connectivity index (χ4v) is 6.16. The topological polar surface area (TPSA) is 60.1 Å². The van der Waals surface area contributed by atoms with Gasteiger partial charge in [0.1, 0.15) is 0 Å². The third-order valence-corrected chi connectivity index (χ3v) is 7.82. The molecule has 1 fully saturated rings. The molecule has 2 aromatic rings. The van der Waals surface area contributed by atoms with E-state index in [1.165, 1.54) is 0 Å². The summed E-state index contributed by atoms with van der Waals surface area (Å²) < 4.78 is 28.2. The van der Waals surface area contributed by atoms with Crippen LogP contribution in [-0.4, -0.2) is 51.8 Å². The Kier molecular flexibility index (Phi) is 7.10. The second-order valence-electron chi connectivity index (χ2n) is 7.84. The van der Waals surface area contributed by atoms with Crippen LogP contribution in [0.5, 0.6) is 0 Å². The highest BCUT2D eigenvalue weighted by Crippen LogP contribution is 2.30. The molecule has 2 heterocycles. The van der Waals surface area contributed by atoms with E-state index in [9.17, 15) is 8.42 Å². The summed E-state index contributed by atoms with van der Waals surface area (Å²) in [6, 6.07) is 5.32. The monoisotopic (exact) mass is 476 g/mol. The molecule has 0 amide bonds. The Balaban J connectivity index is 1.99. The third kappa shape index (κ3) is 5.22. The minimum absolute atomic E-state index is 0.00952. The molecule has 3 rings (SSSR count). The molecule has 0 aliphatic carbocycles. The first-order chi connectivity index (χ1) is 13.6. The summed E-state index contributed by atoms with van der Waals surface area (Å²) in [4.78, 5) is 2.13. The molecule has 0 spiro atoms. The van der Waals surface area contributed by atoms with E-state index in [1.54, 1.807) is 16.8 Å². The molecule has 6 nitrogen and oxygen atoms in total. The van der Waals surface area contributed by atoms with Crippen LogP contribution in [0.25, 0.3) is 11.4 Å². The van der Waals surface area contributed by atoms with E-state index in [1.807, 2.05) is 17.6 Å². The average Bonchev–Trinajstić information content (AvgIpc) is 3.13. The molecule has 0 saturated carbocycles. The van der Waals surface area contributed by atoms with Gasteiger partial charge in [0, 0.05) is 23.2 Å². The Bertz CT molecular complexity index is 1050. The van der Waals surface area contributed by atoms with Crippen molar-refractivity contribution >= 4 is 45.3 Å². The van der Waals surface area contributed by atoms with Gasteiger partial charge in [0.25, 0.3) is 0 Å². The van der Waals surface area contributed by atoms with Crippen LogP contribution in [-0.2, 0) is 23.1 Å². The lowest BCUT2D eigenvalue weighted by molar-refractivity contribution is 0.163. The lowest BCUT2D eigenvalue weighted by Crippen LogP contribution is -2.37. The van der Waals surface area contributed by atoms with E-state index in [4.69, 9.17) is 40.5 Å². The average molecular weight is 477 g/mol. The predicted octanol–water partition coefficient (Wildman–Crippen LogP) is 4.51. The normalized spacial score (nSPS) is 18.8. The van der Waals surface area contributed by atoms with Crippen LogP contribution in [0.2, 0.25) is 10.0 Å². The van der Waals surface area contributed by atoms with Crippen molar-refractivity contribution in [1.82, 2.24) is 19.2 Å². The Labute approximate surface area is 187 Å². The lowest BCUT2D eigenvalue weighted by atomic mass is 10.2. The van der Waals surface area contributed by atoms with E-state index in [2.05, 4.69) is 18.7 Å². The predicted molar refractivity (Wildman–Crippen MR) is 121 cm³/mol. The number of hydrogen-bond donors (Lipinski definition) is 0. The number of halogens is 2. The molecule has 10 heteroatoms. The van der Waals surface area contributed by atoms with E-state index in [-0.39, 0.29) is 17.5 Å². The van der Waals surface area contributed by atoms with Crippen LogP contribution in [0.15, 0.2) is 18.2 Å². The largest absolute Gasteiger partial charge is 0.300 e. The molecule has 0 bridgehead atoms. The lowest BCUT2D eigenvalue weighted by Gasteiger charge is -2.26. The van der Waals surface area contributed by atoms with Crippen molar-refractivity contribution in [2.75, 3.05) is 18.1 Å². The van der Waals surface area contributed by atoms with E-state index >= 15 is 0 Å². The van der Waals surface area contributed by atoms with E-state index in [0.717, 1.165) is 12.1 Å². The highest BCUT2D eigenvalue weighted by molar-refractivity contribution is 7.91. The van der Waals surface area contributed by atoms with Gasteiger partial charge in [0.15, 0.2) is 20.4 Å². The van der Waals surface area contributed by atoms with Crippen LogP contribution in [0.3, 0.4) is 0 Å². The summed E-state index contributed by atoms with van der Waals surface area (Å²) in [6.45, 7) is 8.13. The van der Waals surface area contributed by atoms with Crippen LogP contribution >= 0.6 is 35.4 Å². The molecular weight excluding hydrogens is 451 g/mol. The van der Waals surface area contributed by atoms with Crippen molar-refractivity contribution in [2.45, 2.75) is 46.4 Å². The van der Waals surface area contributed by atoms with Gasteiger partial charge in [-0.1, -0.05) is 44.0 Å². The minimum Gasteiger partial charge on any atom is -0.300 e. The molecule has 0 radical (unpaired) electrons. The molecule has 0 unspecified atom stereocenters. The highest BCUT2D eigenvalue weighted by Gasteiger charge is 2.32. The Morgan fingerprint density at radius 2 is 2.07 bits per heavy atom. The number of sulfone groups is 1. The summed E-state index contributed by atoms with van der Waals surface area (Å²) in [5, 5.41) is 5.86. The number of aromatic nitrogens is 3. The Morgan fingerprint density at radius 1 is 1.34 bits per heavy atom. The van der Waals surface area contributed by atoms with Gasteiger partial charge in [-0.25, -0.2) is 13.1 Å². The number of benzene rings is 1. The molecule has 160 valence electrons. The van der Waals surface area contributed by atoms with Gasteiger partial charge in [0.2, 0.25) is 0 Å². The van der Waals surface area contributed by atoms with Crippen molar-refractivity contribution in [3.63, 3.8) is 0 Å². The van der Waals surface area contributed by atoms with Gasteiger partial charge in [0.05, 0.1) is 23.2 Å². The minimum atomic E-state index is -2.96. The standard InChI is InChI=1S/C19H26Cl2N4O2S2/c1-4-23(15-7-8-29(26,27)11-15)12-25-19(28)24(10-13(2)3)18(22-25)16-6-5-14(20)9-17(16)21/h5-6,9,13,15H,4,7-8,10-12H2,1-3H3/t15-/m1/s1. The van der Waals surface area contributed by atoms with Crippen LogP contribution in [0.4, 0.5) is 0 Å². The molecule has 1 saturated heterocycles. The SMILES string of the molecule is CCN(Cn1nc(-c2ccc(Cl)cc2Cl)n(CC(C)C)c1=S)[C@@H]1CCS(=O)(=O)C1. The number of hydrogen-bond acceptors (Lipinski definition) is 5. The number of rotatable bonds is 7. The van der Waals surface area contributed by atoms with Gasteiger partial charge in [-0.2, -0.15) is 5.10 Å². The molecule has 29 heavy (non-hydrogen) atoms. The zero-order valence-electron chi connectivity index (χ0n) is 16.8. The van der Waals surface area contributed by atoms with Crippen molar-refractivity contribution in [2.24, 2.45) is 5.92 Å². The summed E-state index contributed by atoms with van der Waals surface area (Å²) in [5.41, 5.74) is 0.771. The summed E-state index contributed by atoms with van der Waals surface area (Å²) >= 11 is 18.2. The first-order valence-corrected chi connectivity index (χ1v) is 12.7. The summed E-state index contributed by atoms with van der Waals surface area (Å²) in [6.07, 6.45) is 0.645. The van der Waals surface area contributed by atoms with Gasteiger partial charge in [-0.05, 0) is 49.3 Å². The summed E-state index contributed by atoms with van der Waals surface area (Å²) in [5.74, 6) is 1.50. The smallest absolute Gasteiger partial charge is 0.199 e. The van der Waals surface area contributed by atoms with Gasteiger partial charge in [-0.3, -0.25) is 9.47 Å². The first kappa shape index (κ1) is 22.7. The van der Waals surface area contributed by atoms with Crippen molar-refractivity contribution < 1.29 is 8.42 Å². The van der Waals surface area contributed by atoms with Crippen molar-refractivity contribution in [1.29, 1.82) is 0 Å². The maximum Gasteiger partial charge on any atom is 0.199 e. The van der Waals surface area contributed by atoms with Crippen LogP contribution in [0, 0.1) is 10.7 Å². The van der Waals surface area contributed by atoms with Gasteiger partial charge < -0.3 is 0 Å². The fourth-order valence-electron chi connectivity index (χ4n) is 3.64.